The lowest BCUT2D eigenvalue weighted by Gasteiger charge is -2.12. The highest BCUT2D eigenvalue weighted by Gasteiger charge is 2.15. The van der Waals surface area contributed by atoms with Gasteiger partial charge in [0.15, 0.2) is 18.2 Å². The Kier molecular flexibility index (Phi) is 7.58. The van der Waals surface area contributed by atoms with E-state index in [1.165, 1.54) is 27.3 Å². The van der Waals surface area contributed by atoms with Crippen molar-refractivity contribution in [3.63, 3.8) is 0 Å². The standard InChI is InChI=1S/C22H22FN5O5/c1-24-19(29)12-33-15-6-4-5-13(9-15)27-22-25-11-17(23)20(28-22)26-14-7-8-18(31-2)16(10-14)21(30)32-3/h4-11H,12H2,1-3H3,(H,24,29)(H2,25,26,27,28). The molecule has 10 nitrogen and oxygen atoms in total. The Morgan fingerprint density at radius 1 is 1.06 bits per heavy atom. The smallest absolute Gasteiger partial charge is 0.341 e. The maximum atomic E-state index is 14.3. The Morgan fingerprint density at radius 2 is 1.85 bits per heavy atom. The second-order valence-electron chi connectivity index (χ2n) is 6.54. The van der Waals surface area contributed by atoms with Gasteiger partial charge in [-0.05, 0) is 30.3 Å². The average Bonchev–Trinajstić information content (AvgIpc) is 2.84. The molecule has 33 heavy (non-hydrogen) atoms. The summed E-state index contributed by atoms with van der Waals surface area (Å²) in [5.74, 6) is -0.781. The van der Waals surface area contributed by atoms with E-state index in [0.29, 0.717) is 22.9 Å². The van der Waals surface area contributed by atoms with Gasteiger partial charge in [0.05, 0.1) is 20.4 Å². The largest absolute Gasteiger partial charge is 0.496 e. The predicted octanol–water partition coefficient (Wildman–Crippen LogP) is 3.02. The zero-order valence-electron chi connectivity index (χ0n) is 18.1. The van der Waals surface area contributed by atoms with Crippen LogP contribution in [0.3, 0.4) is 0 Å². The highest BCUT2D eigenvalue weighted by molar-refractivity contribution is 5.93. The molecular weight excluding hydrogens is 433 g/mol. The van der Waals surface area contributed by atoms with Crippen LogP contribution in [-0.4, -0.2) is 49.7 Å². The van der Waals surface area contributed by atoms with Crippen LogP contribution in [0.2, 0.25) is 0 Å². The molecule has 0 saturated heterocycles. The fourth-order valence-corrected chi connectivity index (χ4v) is 2.72. The number of ether oxygens (including phenoxy) is 3. The molecule has 0 spiro atoms. The molecule has 0 aliphatic carbocycles. The Hall–Kier alpha value is -4.41. The Bertz CT molecular complexity index is 1160. The molecule has 0 aliphatic rings. The van der Waals surface area contributed by atoms with E-state index in [2.05, 4.69) is 25.9 Å². The maximum Gasteiger partial charge on any atom is 0.341 e. The quantitative estimate of drug-likeness (QED) is 0.418. The number of nitrogens with one attached hydrogen (secondary N) is 3. The van der Waals surface area contributed by atoms with Crippen molar-refractivity contribution in [2.45, 2.75) is 0 Å². The van der Waals surface area contributed by atoms with E-state index >= 15 is 0 Å². The second kappa shape index (κ2) is 10.8. The van der Waals surface area contributed by atoms with Crippen LogP contribution in [0.25, 0.3) is 0 Å². The van der Waals surface area contributed by atoms with Gasteiger partial charge in [-0.15, -0.1) is 0 Å². The molecule has 3 rings (SSSR count). The summed E-state index contributed by atoms with van der Waals surface area (Å²) in [6, 6.07) is 11.4. The van der Waals surface area contributed by atoms with E-state index in [1.54, 1.807) is 36.4 Å². The van der Waals surface area contributed by atoms with Crippen LogP contribution in [0.1, 0.15) is 10.4 Å². The number of esters is 1. The number of methoxy groups -OCH3 is 2. The monoisotopic (exact) mass is 455 g/mol. The van der Waals surface area contributed by atoms with Gasteiger partial charge in [-0.1, -0.05) is 6.07 Å². The van der Waals surface area contributed by atoms with Gasteiger partial charge >= 0.3 is 5.97 Å². The third kappa shape index (κ3) is 6.06. The van der Waals surface area contributed by atoms with E-state index in [1.807, 2.05) is 0 Å². The Morgan fingerprint density at radius 3 is 2.58 bits per heavy atom. The first-order valence-electron chi connectivity index (χ1n) is 9.70. The molecule has 3 N–H and O–H groups in total. The molecule has 0 unspecified atom stereocenters. The lowest BCUT2D eigenvalue weighted by Crippen LogP contribution is -2.24. The van der Waals surface area contributed by atoms with E-state index in [-0.39, 0.29) is 29.8 Å². The van der Waals surface area contributed by atoms with Crippen molar-refractivity contribution >= 4 is 35.0 Å². The fraction of sp³-hybridized carbons (Fsp3) is 0.182. The normalized spacial score (nSPS) is 10.2. The van der Waals surface area contributed by atoms with Crippen LogP contribution in [-0.2, 0) is 9.53 Å². The molecular formula is C22H22FN5O5. The molecule has 0 atom stereocenters. The molecule has 0 bridgehead atoms. The summed E-state index contributed by atoms with van der Waals surface area (Å²) in [4.78, 5) is 31.4. The minimum atomic E-state index is -0.696. The summed E-state index contributed by atoms with van der Waals surface area (Å²) >= 11 is 0. The number of carbonyl (C=O) groups excluding carboxylic acids is 2. The van der Waals surface area contributed by atoms with Gasteiger partial charge in [0.2, 0.25) is 5.95 Å². The lowest BCUT2D eigenvalue weighted by molar-refractivity contribution is -0.122. The zero-order valence-corrected chi connectivity index (χ0v) is 18.1. The molecule has 11 heteroatoms. The molecule has 0 fully saturated rings. The summed E-state index contributed by atoms with van der Waals surface area (Å²) in [7, 11) is 4.20. The van der Waals surface area contributed by atoms with Crippen LogP contribution in [0.15, 0.2) is 48.7 Å². The van der Waals surface area contributed by atoms with Crippen LogP contribution in [0.5, 0.6) is 11.5 Å². The number of hydrogen-bond acceptors (Lipinski definition) is 9. The highest BCUT2D eigenvalue weighted by atomic mass is 19.1. The Balaban J connectivity index is 1.78. The summed E-state index contributed by atoms with van der Waals surface area (Å²) in [6.07, 6.45) is 1.01. The fourth-order valence-electron chi connectivity index (χ4n) is 2.72. The van der Waals surface area contributed by atoms with Crippen LogP contribution >= 0.6 is 0 Å². The summed E-state index contributed by atoms with van der Waals surface area (Å²) in [5.41, 5.74) is 1.13. The van der Waals surface area contributed by atoms with Crippen LogP contribution in [0.4, 0.5) is 27.5 Å². The van der Waals surface area contributed by atoms with Crippen LogP contribution < -0.4 is 25.4 Å². The molecule has 0 aliphatic heterocycles. The van der Waals surface area contributed by atoms with Gasteiger partial charge in [-0.3, -0.25) is 4.79 Å². The van der Waals surface area contributed by atoms with Gasteiger partial charge < -0.3 is 30.2 Å². The molecule has 3 aromatic rings. The Labute approximate surface area is 189 Å². The number of carbonyl (C=O) groups is 2. The topological polar surface area (TPSA) is 124 Å². The molecule has 0 saturated carbocycles. The average molecular weight is 455 g/mol. The minimum absolute atomic E-state index is 0.111. The van der Waals surface area contributed by atoms with Crippen molar-refractivity contribution in [3.05, 3.63) is 60.0 Å². The predicted molar refractivity (Wildman–Crippen MR) is 119 cm³/mol. The number of halogens is 1. The first-order valence-corrected chi connectivity index (χ1v) is 9.70. The third-order valence-corrected chi connectivity index (χ3v) is 4.35. The van der Waals surface area contributed by atoms with E-state index in [4.69, 9.17) is 14.2 Å². The van der Waals surface area contributed by atoms with Crippen molar-refractivity contribution in [2.75, 3.05) is 38.5 Å². The summed E-state index contributed by atoms with van der Waals surface area (Å²) in [5, 5.41) is 8.24. The minimum Gasteiger partial charge on any atom is -0.496 e. The van der Waals surface area contributed by atoms with Crippen molar-refractivity contribution in [1.29, 1.82) is 0 Å². The van der Waals surface area contributed by atoms with Gasteiger partial charge in [0, 0.05) is 24.5 Å². The third-order valence-electron chi connectivity index (χ3n) is 4.35. The second-order valence-corrected chi connectivity index (χ2v) is 6.54. The lowest BCUT2D eigenvalue weighted by atomic mass is 10.1. The molecule has 1 amide bonds. The number of amides is 1. The molecule has 1 heterocycles. The SMILES string of the molecule is CNC(=O)COc1cccc(Nc2ncc(F)c(Nc3ccc(OC)c(C(=O)OC)c3)n2)c1. The van der Waals surface area contributed by atoms with Gasteiger partial charge in [0.25, 0.3) is 5.91 Å². The van der Waals surface area contributed by atoms with Crippen molar-refractivity contribution < 1.29 is 28.2 Å². The number of aromatic nitrogens is 2. The molecule has 0 radical (unpaired) electrons. The van der Waals surface area contributed by atoms with E-state index in [0.717, 1.165) is 6.20 Å². The van der Waals surface area contributed by atoms with E-state index in [9.17, 15) is 14.0 Å². The van der Waals surface area contributed by atoms with Crippen molar-refractivity contribution in [1.82, 2.24) is 15.3 Å². The molecule has 172 valence electrons. The molecule has 2 aromatic carbocycles. The first kappa shape index (κ1) is 23.3. The number of rotatable bonds is 9. The maximum absolute atomic E-state index is 14.3. The number of anilines is 4. The molecule has 1 aromatic heterocycles. The number of nitrogens with zero attached hydrogens (tertiary/aromatic N) is 2. The number of benzene rings is 2. The number of likely N-dealkylation sites (N-methyl/N-ethyl adjacent to an activating group) is 1. The highest BCUT2D eigenvalue weighted by Crippen LogP contribution is 2.27. The van der Waals surface area contributed by atoms with Gasteiger partial charge in [-0.2, -0.15) is 4.98 Å². The van der Waals surface area contributed by atoms with Crippen LogP contribution in [0, 0.1) is 5.82 Å². The van der Waals surface area contributed by atoms with E-state index < -0.39 is 11.8 Å². The number of hydrogen-bond donors (Lipinski definition) is 3. The summed E-state index contributed by atoms with van der Waals surface area (Å²) < 4.78 is 29.7. The first-order chi connectivity index (χ1) is 15.9. The zero-order chi connectivity index (χ0) is 23.8. The van der Waals surface area contributed by atoms with Crippen molar-refractivity contribution in [3.8, 4) is 11.5 Å². The van der Waals surface area contributed by atoms with Gasteiger partial charge in [-0.25, -0.2) is 14.2 Å². The van der Waals surface area contributed by atoms with Crippen molar-refractivity contribution in [2.24, 2.45) is 0 Å². The van der Waals surface area contributed by atoms with Gasteiger partial charge in [0.1, 0.15) is 17.1 Å². The summed E-state index contributed by atoms with van der Waals surface area (Å²) in [6.45, 7) is -0.128.